The summed E-state index contributed by atoms with van der Waals surface area (Å²) in [6, 6.07) is 18.3. The van der Waals surface area contributed by atoms with Gasteiger partial charge in [0.05, 0.1) is 15.1 Å². The van der Waals surface area contributed by atoms with Crippen LogP contribution in [0.5, 0.6) is 0 Å². The number of rotatable bonds is 4. The molecule has 2 heterocycles. The Kier molecular flexibility index (Phi) is 5.51. The van der Waals surface area contributed by atoms with Gasteiger partial charge in [-0.2, -0.15) is 5.26 Å². The molecule has 144 valence electrons. The summed E-state index contributed by atoms with van der Waals surface area (Å²) in [6.07, 6.45) is 1.94. The number of benzene rings is 2. The lowest BCUT2D eigenvalue weighted by Crippen LogP contribution is -2.01. The molecule has 0 aliphatic carbocycles. The van der Waals surface area contributed by atoms with Crippen LogP contribution in [0, 0.1) is 32.1 Å². The number of hydrogen-bond acceptors (Lipinski definition) is 4. The highest BCUT2D eigenvalue weighted by molar-refractivity contribution is 8.05. The van der Waals surface area contributed by atoms with Gasteiger partial charge in [0.1, 0.15) is 6.07 Å². The van der Waals surface area contributed by atoms with Crippen molar-refractivity contribution in [3.8, 4) is 11.8 Å². The van der Waals surface area contributed by atoms with Gasteiger partial charge in [0, 0.05) is 22.1 Å². The SMILES string of the molecule is Cc1ccc(Cl)cc1-n1c(C)cc(/C=C(\C#N)Sc2nc3ccccc3s2)c1C. The molecule has 0 unspecified atom stereocenters. The van der Waals surface area contributed by atoms with Crippen LogP contribution in [0.3, 0.4) is 0 Å². The molecule has 0 fully saturated rings. The van der Waals surface area contributed by atoms with Crippen molar-refractivity contribution < 1.29 is 0 Å². The molecule has 0 spiro atoms. The van der Waals surface area contributed by atoms with Crippen LogP contribution in [-0.2, 0) is 0 Å². The van der Waals surface area contributed by atoms with E-state index < -0.39 is 0 Å². The van der Waals surface area contributed by atoms with Crippen LogP contribution in [-0.4, -0.2) is 9.55 Å². The Hall–Kier alpha value is -2.52. The average Bonchev–Trinajstić information content (AvgIpc) is 3.23. The minimum atomic E-state index is 0.618. The van der Waals surface area contributed by atoms with E-state index in [-0.39, 0.29) is 0 Å². The molecule has 3 nitrogen and oxygen atoms in total. The third kappa shape index (κ3) is 3.97. The highest BCUT2D eigenvalue weighted by atomic mass is 35.5. The quantitative estimate of drug-likeness (QED) is 0.249. The molecule has 0 saturated carbocycles. The molecule has 0 aliphatic heterocycles. The Morgan fingerprint density at radius 2 is 1.97 bits per heavy atom. The summed E-state index contributed by atoms with van der Waals surface area (Å²) in [4.78, 5) is 5.24. The summed E-state index contributed by atoms with van der Waals surface area (Å²) in [5.41, 5.74) is 6.37. The molecular weight excluding hydrogens is 418 g/mol. The van der Waals surface area contributed by atoms with Gasteiger partial charge in [0.2, 0.25) is 0 Å². The number of fused-ring (bicyclic) bond motifs is 1. The summed E-state index contributed by atoms with van der Waals surface area (Å²) < 4.78 is 4.19. The zero-order valence-electron chi connectivity index (χ0n) is 16.2. The van der Waals surface area contributed by atoms with E-state index in [0.717, 1.165) is 42.8 Å². The number of halogens is 1. The van der Waals surface area contributed by atoms with E-state index in [0.29, 0.717) is 9.93 Å². The van der Waals surface area contributed by atoms with E-state index in [2.05, 4.69) is 42.5 Å². The lowest BCUT2D eigenvalue weighted by molar-refractivity contribution is 0.954. The van der Waals surface area contributed by atoms with Crippen LogP contribution in [0.15, 0.2) is 57.8 Å². The van der Waals surface area contributed by atoms with Crippen molar-refractivity contribution in [2.45, 2.75) is 25.1 Å². The van der Waals surface area contributed by atoms with Gasteiger partial charge < -0.3 is 4.57 Å². The molecule has 6 heteroatoms. The summed E-state index contributed by atoms with van der Waals surface area (Å²) in [5.74, 6) is 0. The molecule has 0 N–H and O–H groups in total. The van der Waals surface area contributed by atoms with E-state index in [1.807, 2.05) is 48.5 Å². The second-order valence-corrected chi connectivity index (χ2v) is 9.52. The Labute approximate surface area is 183 Å². The smallest absolute Gasteiger partial charge is 0.156 e. The van der Waals surface area contributed by atoms with Gasteiger partial charge >= 0.3 is 0 Å². The standard InChI is InChI=1S/C23H18ClN3S2/c1-14-8-9-18(24)12-21(14)27-15(2)10-17(16(27)3)11-19(13-25)28-23-26-20-6-4-5-7-22(20)29-23/h4-12H,1-3H3/b19-11+. The number of aryl methyl sites for hydroxylation is 2. The average molecular weight is 436 g/mol. The minimum Gasteiger partial charge on any atom is -0.318 e. The maximum atomic E-state index is 9.70. The van der Waals surface area contributed by atoms with Crippen molar-refractivity contribution >= 4 is 51.0 Å². The molecule has 0 atom stereocenters. The van der Waals surface area contributed by atoms with Crippen LogP contribution in [0.4, 0.5) is 0 Å². The van der Waals surface area contributed by atoms with Gasteiger partial charge in [-0.05, 0) is 80.1 Å². The summed E-state index contributed by atoms with van der Waals surface area (Å²) >= 11 is 9.25. The van der Waals surface area contributed by atoms with Crippen LogP contribution in [0.1, 0.15) is 22.5 Å². The van der Waals surface area contributed by atoms with Gasteiger partial charge in [-0.3, -0.25) is 0 Å². The first kappa shape index (κ1) is 19.8. The Balaban J connectivity index is 1.71. The monoisotopic (exact) mass is 435 g/mol. The van der Waals surface area contributed by atoms with E-state index in [1.165, 1.54) is 11.8 Å². The third-order valence-corrected chi connectivity index (χ3v) is 7.01. The lowest BCUT2D eigenvalue weighted by Gasteiger charge is -2.13. The first-order valence-corrected chi connectivity index (χ1v) is 11.1. The fourth-order valence-electron chi connectivity index (χ4n) is 3.34. The zero-order valence-corrected chi connectivity index (χ0v) is 18.6. The molecule has 0 radical (unpaired) electrons. The number of allylic oxidation sites excluding steroid dienone is 1. The van der Waals surface area contributed by atoms with Crippen molar-refractivity contribution in [1.82, 2.24) is 9.55 Å². The van der Waals surface area contributed by atoms with Crippen molar-refractivity contribution in [3.63, 3.8) is 0 Å². The number of aromatic nitrogens is 2. The van der Waals surface area contributed by atoms with Gasteiger partial charge in [-0.25, -0.2) is 4.98 Å². The van der Waals surface area contributed by atoms with Gasteiger partial charge in [-0.1, -0.05) is 29.8 Å². The lowest BCUT2D eigenvalue weighted by atomic mass is 10.2. The zero-order chi connectivity index (χ0) is 20.5. The fourth-order valence-corrected chi connectivity index (χ4v) is 5.47. The van der Waals surface area contributed by atoms with Gasteiger partial charge in [0.25, 0.3) is 0 Å². The van der Waals surface area contributed by atoms with Gasteiger partial charge in [-0.15, -0.1) is 11.3 Å². The van der Waals surface area contributed by atoms with Crippen LogP contribution in [0.25, 0.3) is 22.0 Å². The summed E-state index contributed by atoms with van der Waals surface area (Å²) in [7, 11) is 0. The fraction of sp³-hybridized carbons (Fsp3) is 0.130. The first-order chi connectivity index (χ1) is 14.0. The number of para-hydroxylation sites is 1. The molecule has 4 aromatic rings. The Morgan fingerprint density at radius 1 is 1.17 bits per heavy atom. The normalized spacial score (nSPS) is 11.8. The third-order valence-electron chi connectivity index (χ3n) is 4.75. The number of thiazole rings is 1. The van der Waals surface area contributed by atoms with E-state index >= 15 is 0 Å². The Morgan fingerprint density at radius 3 is 2.72 bits per heavy atom. The topological polar surface area (TPSA) is 41.6 Å². The number of nitrogens with zero attached hydrogens (tertiary/aromatic N) is 3. The van der Waals surface area contributed by atoms with Crippen molar-refractivity contribution in [3.05, 3.63) is 81.0 Å². The van der Waals surface area contributed by atoms with E-state index in [9.17, 15) is 5.26 Å². The van der Waals surface area contributed by atoms with Crippen LogP contribution in [0.2, 0.25) is 5.02 Å². The second-order valence-electron chi connectivity index (χ2n) is 6.76. The molecule has 0 aliphatic rings. The first-order valence-electron chi connectivity index (χ1n) is 9.07. The Bertz CT molecular complexity index is 1260. The number of thioether (sulfide) groups is 1. The van der Waals surface area contributed by atoms with Crippen molar-refractivity contribution in [2.75, 3.05) is 0 Å². The number of nitriles is 1. The van der Waals surface area contributed by atoms with Crippen LogP contribution < -0.4 is 0 Å². The van der Waals surface area contributed by atoms with E-state index in [4.69, 9.17) is 11.6 Å². The maximum Gasteiger partial charge on any atom is 0.156 e. The van der Waals surface area contributed by atoms with E-state index in [1.54, 1.807) is 11.3 Å². The molecule has 0 saturated heterocycles. The molecule has 29 heavy (non-hydrogen) atoms. The molecule has 0 amide bonds. The molecular formula is C23H18ClN3S2. The van der Waals surface area contributed by atoms with Gasteiger partial charge in [0.15, 0.2) is 4.34 Å². The highest BCUT2D eigenvalue weighted by Gasteiger charge is 2.14. The minimum absolute atomic E-state index is 0.618. The highest BCUT2D eigenvalue weighted by Crippen LogP contribution is 2.35. The summed E-state index contributed by atoms with van der Waals surface area (Å²) in [5, 5.41) is 10.4. The molecule has 2 aromatic heterocycles. The maximum absolute atomic E-state index is 9.70. The number of hydrogen-bond donors (Lipinski definition) is 0. The van der Waals surface area contributed by atoms with Crippen molar-refractivity contribution in [1.29, 1.82) is 5.26 Å². The van der Waals surface area contributed by atoms with Crippen molar-refractivity contribution in [2.24, 2.45) is 0 Å². The predicted octanol–water partition coefficient (Wildman–Crippen LogP) is 7.32. The van der Waals surface area contributed by atoms with Crippen LogP contribution >= 0.6 is 34.7 Å². The predicted molar refractivity (Wildman–Crippen MR) is 124 cm³/mol. The molecule has 4 rings (SSSR count). The largest absolute Gasteiger partial charge is 0.318 e. The molecule has 0 bridgehead atoms. The summed E-state index contributed by atoms with van der Waals surface area (Å²) in [6.45, 7) is 6.21. The molecule has 2 aromatic carbocycles. The second kappa shape index (κ2) is 8.08.